The van der Waals surface area contributed by atoms with E-state index in [2.05, 4.69) is 10.1 Å². The van der Waals surface area contributed by atoms with Crippen LogP contribution in [0.5, 0.6) is 11.5 Å². The number of nitrogens with one attached hydrogen (secondary N) is 1. The highest BCUT2D eigenvalue weighted by atomic mass is 16.7. The third kappa shape index (κ3) is 5.65. The fourth-order valence-corrected chi connectivity index (χ4v) is 2.13. The Morgan fingerprint density at radius 1 is 1.22 bits per heavy atom. The summed E-state index contributed by atoms with van der Waals surface area (Å²) in [4.78, 5) is 22.6. The number of fused-ring (bicyclic) bond motifs is 1. The summed E-state index contributed by atoms with van der Waals surface area (Å²) in [7, 11) is 1.38. The van der Waals surface area contributed by atoms with Crippen molar-refractivity contribution in [1.82, 2.24) is 5.32 Å². The van der Waals surface area contributed by atoms with E-state index in [1.54, 1.807) is 6.08 Å². The monoisotopic (exact) mass is 319 g/mol. The highest BCUT2D eigenvalue weighted by Crippen LogP contribution is 2.32. The first-order valence-corrected chi connectivity index (χ1v) is 7.61. The van der Waals surface area contributed by atoms with Gasteiger partial charge < -0.3 is 19.5 Å². The minimum atomic E-state index is -0.194. The van der Waals surface area contributed by atoms with Crippen LogP contribution in [0.15, 0.2) is 24.3 Å². The molecule has 0 aliphatic carbocycles. The van der Waals surface area contributed by atoms with Crippen molar-refractivity contribution in [3.8, 4) is 11.5 Å². The molecule has 0 bridgehead atoms. The molecule has 23 heavy (non-hydrogen) atoms. The minimum Gasteiger partial charge on any atom is -0.469 e. The number of benzene rings is 1. The maximum absolute atomic E-state index is 11.7. The maximum Gasteiger partial charge on any atom is 0.305 e. The largest absolute Gasteiger partial charge is 0.469 e. The predicted molar refractivity (Wildman–Crippen MR) is 85.1 cm³/mol. The molecule has 1 aliphatic heterocycles. The Kier molecular flexibility index (Phi) is 6.47. The molecule has 0 fully saturated rings. The number of carbonyl (C=O) groups excluding carboxylic acids is 2. The molecular formula is C17H21NO5. The number of amides is 1. The van der Waals surface area contributed by atoms with Crippen molar-refractivity contribution in [3.05, 3.63) is 29.8 Å². The molecule has 6 nitrogen and oxygen atoms in total. The predicted octanol–water partition coefficient (Wildman–Crippen LogP) is 2.28. The molecule has 0 saturated heterocycles. The van der Waals surface area contributed by atoms with Crippen LogP contribution in [-0.4, -0.2) is 32.3 Å². The van der Waals surface area contributed by atoms with Gasteiger partial charge in [-0.05, 0) is 36.6 Å². The van der Waals surface area contributed by atoms with Gasteiger partial charge in [0.15, 0.2) is 11.5 Å². The molecule has 1 aliphatic rings. The normalized spacial score (nSPS) is 12.4. The molecule has 0 saturated carbocycles. The van der Waals surface area contributed by atoms with Crippen molar-refractivity contribution in [2.24, 2.45) is 0 Å². The Morgan fingerprint density at radius 3 is 2.87 bits per heavy atom. The number of esters is 1. The summed E-state index contributed by atoms with van der Waals surface area (Å²) in [6.07, 6.45) is 6.13. The zero-order valence-electron chi connectivity index (χ0n) is 13.2. The summed E-state index contributed by atoms with van der Waals surface area (Å²) in [5, 5.41) is 2.81. The van der Waals surface area contributed by atoms with Crippen molar-refractivity contribution >= 4 is 18.0 Å². The smallest absolute Gasteiger partial charge is 0.305 e. The second-order valence-corrected chi connectivity index (χ2v) is 5.12. The zero-order valence-corrected chi connectivity index (χ0v) is 13.2. The van der Waals surface area contributed by atoms with Crippen LogP contribution in [0.25, 0.3) is 6.08 Å². The van der Waals surface area contributed by atoms with E-state index >= 15 is 0 Å². The Labute approximate surface area is 135 Å². The van der Waals surface area contributed by atoms with Crippen molar-refractivity contribution in [2.45, 2.75) is 25.7 Å². The number of hydrogen-bond acceptors (Lipinski definition) is 5. The van der Waals surface area contributed by atoms with E-state index in [-0.39, 0.29) is 18.7 Å². The lowest BCUT2D eigenvalue weighted by Crippen LogP contribution is -2.22. The molecule has 0 aromatic heterocycles. The highest BCUT2D eigenvalue weighted by molar-refractivity contribution is 5.91. The van der Waals surface area contributed by atoms with Gasteiger partial charge in [-0.1, -0.05) is 12.5 Å². The van der Waals surface area contributed by atoms with Gasteiger partial charge >= 0.3 is 5.97 Å². The van der Waals surface area contributed by atoms with Crippen LogP contribution < -0.4 is 14.8 Å². The van der Waals surface area contributed by atoms with Crippen molar-refractivity contribution in [3.63, 3.8) is 0 Å². The van der Waals surface area contributed by atoms with Crippen molar-refractivity contribution in [1.29, 1.82) is 0 Å². The van der Waals surface area contributed by atoms with Gasteiger partial charge in [-0.2, -0.15) is 0 Å². The van der Waals surface area contributed by atoms with Crippen LogP contribution in [0.2, 0.25) is 0 Å². The average molecular weight is 319 g/mol. The van der Waals surface area contributed by atoms with Crippen molar-refractivity contribution < 1.29 is 23.8 Å². The van der Waals surface area contributed by atoms with Gasteiger partial charge in [-0.3, -0.25) is 9.59 Å². The third-order valence-electron chi connectivity index (χ3n) is 3.41. The van der Waals surface area contributed by atoms with Gasteiger partial charge in [-0.15, -0.1) is 0 Å². The maximum atomic E-state index is 11.7. The van der Waals surface area contributed by atoms with E-state index in [0.29, 0.717) is 18.7 Å². The standard InChI is InChI=1S/C17H21NO5/c1-21-17(20)5-3-2-4-10-18-16(19)9-7-13-6-8-14-15(11-13)23-12-22-14/h6-9,11H,2-5,10,12H2,1H3,(H,18,19)/b9-7+. The van der Waals surface area contributed by atoms with Crippen LogP contribution in [0.4, 0.5) is 0 Å². The van der Waals surface area contributed by atoms with E-state index in [1.807, 2.05) is 18.2 Å². The van der Waals surface area contributed by atoms with Gasteiger partial charge in [0.25, 0.3) is 0 Å². The Bertz CT molecular complexity index is 582. The first-order valence-electron chi connectivity index (χ1n) is 7.61. The van der Waals surface area contributed by atoms with Gasteiger partial charge in [0, 0.05) is 19.0 Å². The van der Waals surface area contributed by atoms with E-state index < -0.39 is 0 Å². The Hall–Kier alpha value is -2.50. The molecule has 1 amide bonds. The summed E-state index contributed by atoms with van der Waals surface area (Å²) in [6.45, 7) is 0.824. The van der Waals surface area contributed by atoms with E-state index in [0.717, 1.165) is 30.6 Å². The third-order valence-corrected chi connectivity index (χ3v) is 3.41. The molecular weight excluding hydrogens is 298 g/mol. The van der Waals surface area contributed by atoms with Crippen LogP contribution >= 0.6 is 0 Å². The second-order valence-electron chi connectivity index (χ2n) is 5.12. The SMILES string of the molecule is COC(=O)CCCCCNC(=O)/C=C/c1ccc2c(c1)OCO2. The summed E-state index contributed by atoms with van der Waals surface area (Å²) < 4.78 is 15.1. The van der Waals surface area contributed by atoms with Crippen LogP contribution in [-0.2, 0) is 14.3 Å². The van der Waals surface area contributed by atoms with E-state index in [4.69, 9.17) is 9.47 Å². The number of methoxy groups -OCH3 is 1. The van der Waals surface area contributed by atoms with Gasteiger partial charge in [0.1, 0.15) is 0 Å². The zero-order chi connectivity index (χ0) is 16.5. The Morgan fingerprint density at radius 2 is 2.04 bits per heavy atom. The Balaban J connectivity index is 1.64. The molecule has 0 unspecified atom stereocenters. The second kappa shape index (κ2) is 8.82. The number of ether oxygens (including phenoxy) is 3. The molecule has 1 N–H and O–H groups in total. The molecule has 0 radical (unpaired) electrons. The molecule has 1 aromatic rings. The fourth-order valence-electron chi connectivity index (χ4n) is 2.13. The number of unbranched alkanes of at least 4 members (excludes halogenated alkanes) is 2. The lowest BCUT2D eigenvalue weighted by Gasteiger charge is -2.02. The molecule has 6 heteroatoms. The molecule has 124 valence electrons. The van der Waals surface area contributed by atoms with Crippen LogP contribution in [0, 0.1) is 0 Å². The summed E-state index contributed by atoms with van der Waals surface area (Å²) in [5.74, 6) is 1.08. The van der Waals surface area contributed by atoms with Crippen LogP contribution in [0.1, 0.15) is 31.2 Å². The molecule has 1 aromatic carbocycles. The van der Waals surface area contributed by atoms with Crippen LogP contribution in [0.3, 0.4) is 0 Å². The topological polar surface area (TPSA) is 73.9 Å². The van der Waals surface area contributed by atoms with E-state index in [9.17, 15) is 9.59 Å². The highest BCUT2D eigenvalue weighted by Gasteiger charge is 2.12. The molecule has 1 heterocycles. The van der Waals surface area contributed by atoms with Gasteiger partial charge in [-0.25, -0.2) is 0 Å². The first-order chi connectivity index (χ1) is 11.2. The average Bonchev–Trinajstić information content (AvgIpc) is 3.03. The lowest BCUT2D eigenvalue weighted by atomic mass is 10.2. The quantitative estimate of drug-likeness (QED) is 0.452. The first kappa shape index (κ1) is 16.9. The number of rotatable bonds is 8. The van der Waals surface area contributed by atoms with Gasteiger partial charge in [0.2, 0.25) is 12.7 Å². The summed E-state index contributed by atoms with van der Waals surface area (Å²) in [6, 6.07) is 5.52. The van der Waals surface area contributed by atoms with Gasteiger partial charge in [0.05, 0.1) is 7.11 Å². The molecule has 2 rings (SSSR count). The summed E-state index contributed by atoms with van der Waals surface area (Å²) >= 11 is 0. The number of carbonyl (C=O) groups is 2. The van der Waals surface area contributed by atoms with Crippen molar-refractivity contribution in [2.75, 3.05) is 20.4 Å². The molecule has 0 spiro atoms. The fraction of sp³-hybridized carbons (Fsp3) is 0.412. The number of hydrogen-bond donors (Lipinski definition) is 1. The van der Waals surface area contributed by atoms with E-state index in [1.165, 1.54) is 13.2 Å². The minimum absolute atomic E-state index is 0.143. The summed E-state index contributed by atoms with van der Waals surface area (Å²) in [5.41, 5.74) is 0.877. The molecule has 0 atom stereocenters. The lowest BCUT2D eigenvalue weighted by molar-refractivity contribution is -0.140.